The Labute approximate surface area is 181 Å². The number of methoxy groups -OCH3 is 1. The number of carbonyl (C=O) groups excluding carboxylic acids is 1. The Morgan fingerprint density at radius 3 is 2.57 bits per heavy atom. The molecule has 3 heterocycles. The molecule has 0 aliphatic carbocycles. The lowest BCUT2D eigenvalue weighted by Crippen LogP contribution is -2.28. The van der Waals surface area contributed by atoms with Crippen LogP contribution in [0.4, 0.5) is 5.95 Å². The van der Waals surface area contributed by atoms with Gasteiger partial charge < -0.3 is 9.30 Å². The zero-order valence-electron chi connectivity index (χ0n) is 18.6. The van der Waals surface area contributed by atoms with Crippen LogP contribution in [-0.4, -0.2) is 32.5 Å². The summed E-state index contributed by atoms with van der Waals surface area (Å²) in [5.74, 6) is 0.853. The minimum Gasteiger partial charge on any atom is -0.496 e. The van der Waals surface area contributed by atoms with Crippen LogP contribution < -0.4 is 10.1 Å². The zero-order chi connectivity index (χ0) is 22.2. The summed E-state index contributed by atoms with van der Waals surface area (Å²) >= 11 is 6.51. The first-order valence-corrected chi connectivity index (χ1v) is 10.3. The molecule has 160 valence electrons. The SMILES string of the molecule is CCc1cn(Cc2ncc(C)c(OC)c2C)c2nc(NC(=O)C(C)(C)C)nc(Cl)c12. The lowest BCUT2D eigenvalue weighted by molar-refractivity contribution is -0.123. The summed E-state index contributed by atoms with van der Waals surface area (Å²) in [6.45, 7) is 12.0. The number of fused-ring (bicyclic) bond motifs is 1. The van der Waals surface area contributed by atoms with Crippen LogP contribution in [0.3, 0.4) is 0 Å². The average Bonchev–Trinajstić information content (AvgIpc) is 3.02. The second-order valence-corrected chi connectivity index (χ2v) is 8.78. The molecule has 8 heteroatoms. The van der Waals surface area contributed by atoms with Gasteiger partial charge in [-0.05, 0) is 25.8 Å². The van der Waals surface area contributed by atoms with Crippen LogP contribution in [0.5, 0.6) is 5.75 Å². The maximum Gasteiger partial charge on any atom is 0.232 e. The first-order chi connectivity index (χ1) is 14.1. The third kappa shape index (κ3) is 4.12. The highest BCUT2D eigenvalue weighted by Gasteiger charge is 2.24. The van der Waals surface area contributed by atoms with Crippen molar-refractivity contribution < 1.29 is 9.53 Å². The third-order valence-corrected chi connectivity index (χ3v) is 5.38. The van der Waals surface area contributed by atoms with E-state index in [1.54, 1.807) is 7.11 Å². The zero-order valence-corrected chi connectivity index (χ0v) is 19.3. The molecule has 1 N–H and O–H groups in total. The standard InChI is InChI=1S/C22H28ClN5O2/c1-8-14-10-28(11-15-13(3)17(30-7)12(2)9-24-15)19-16(14)18(23)25-21(26-19)27-20(29)22(4,5)6/h9-10H,8,11H2,1-7H3,(H,25,26,27,29). The molecular formula is C22H28ClN5O2. The maximum atomic E-state index is 12.4. The number of amides is 1. The Balaban J connectivity index is 2.10. The molecule has 3 aromatic heterocycles. The van der Waals surface area contributed by atoms with Gasteiger partial charge in [0.25, 0.3) is 0 Å². The van der Waals surface area contributed by atoms with Crippen molar-refractivity contribution in [2.24, 2.45) is 5.41 Å². The molecule has 0 aromatic carbocycles. The van der Waals surface area contributed by atoms with Crippen molar-refractivity contribution in [2.75, 3.05) is 12.4 Å². The van der Waals surface area contributed by atoms with Crippen molar-refractivity contribution in [3.8, 4) is 5.75 Å². The minimum atomic E-state index is -0.569. The van der Waals surface area contributed by atoms with Gasteiger partial charge in [-0.25, -0.2) is 0 Å². The summed E-state index contributed by atoms with van der Waals surface area (Å²) in [6, 6.07) is 0. The number of pyridine rings is 1. The highest BCUT2D eigenvalue weighted by atomic mass is 35.5. The van der Waals surface area contributed by atoms with Gasteiger partial charge in [-0.1, -0.05) is 39.3 Å². The summed E-state index contributed by atoms with van der Waals surface area (Å²) in [7, 11) is 1.66. The van der Waals surface area contributed by atoms with Gasteiger partial charge >= 0.3 is 0 Å². The number of hydrogen-bond donors (Lipinski definition) is 1. The number of halogens is 1. The van der Waals surface area contributed by atoms with E-state index in [1.165, 1.54) is 0 Å². The number of aryl methyl sites for hydroxylation is 2. The monoisotopic (exact) mass is 429 g/mol. The number of rotatable bonds is 5. The Bertz CT molecular complexity index is 1120. The maximum absolute atomic E-state index is 12.4. The van der Waals surface area contributed by atoms with Crippen LogP contribution in [0, 0.1) is 19.3 Å². The number of hydrogen-bond acceptors (Lipinski definition) is 5. The first-order valence-electron chi connectivity index (χ1n) is 9.92. The highest BCUT2D eigenvalue weighted by molar-refractivity contribution is 6.34. The third-order valence-electron chi connectivity index (χ3n) is 5.11. The van der Waals surface area contributed by atoms with E-state index in [0.29, 0.717) is 17.3 Å². The molecule has 3 rings (SSSR count). The molecule has 0 atom stereocenters. The predicted molar refractivity (Wildman–Crippen MR) is 119 cm³/mol. The van der Waals surface area contributed by atoms with Crippen LogP contribution in [0.25, 0.3) is 11.0 Å². The lowest BCUT2D eigenvalue weighted by Gasteiger charge is -2.17. The molecule has 1 amide bonds. The van der Waals surface area contributed by atoms with E-state index in [4.69, 9.17) is 16.3 Å². The average molecular weight is 430 g/mol. The number of nitrogens with zero attached hydrogens (tertiary/aromatic N) is 4. The summed E-state index contributed by atoms with van der Waals surface area (Å²) in [5.41, 5.74) is 3.99. The lowest BCUT2D eigenvalue weighted by atomic mass is 9.96. The van der Waals surface area contributed by atoms with Crippen molar-refractivity contribution in [2.45, 2.75) is 54.5 Å². The van der Waals surface area contributed by atoms with E-state index in [0.717, 1.165) is 39.9 Å². The molecule has 0 aliphatic rings. The first kappa shape index (κ1) is 22.0. The minimum absolute atomic E-state index is 0.174. The van der Waals surface area contributed by atoms with Gasteiger partial charge in [-0.3, -0.25) is 15.1 Å². The van der Waals surface area contributed by atoms with Gasteiger partial charge in [-0.15, -0.1) is 0 Å². The highest BCUT2D eigenvalue weighted by Crippen LogP contribution is 2.30. The molecular weight excluding hydrogens is 402 g/mol. The van der Waals surface area contributed by atoms with Crippen molar-refractivity contribution >= 4 is 34.5 Å². The van der Waals surface area contributed by atoms with Crippen LogP contribution in [-0.2, 0) is 17.8 Å². The molecule has 0 spiro atoms. The van der Waals surface area contributed by atoms with Crippen molar-refractivity contribution in [1.29, 1.82) is 0 Å². The summed E-state index contributed by atoms with van der Waals surface area (Å²) in [4.78, 5) is 25.9. The fraction of sp³-hybridized carbons (Fsp3) is 0.455. The largest absolute Gasteiger partial charge is 0.496 e. The fourth-order valence-electron chi connectivity index (χ4n) is 3.35. The summed E-state index contributed by atoms with van der Waals surface area (Å²) < 4.78 is 7.54. The van der Waals surface area contributed by atoms with E-state index >= 15 is 0 Å². The van der Waals surface area contributed by atoms with E-state index < -0.39 is 5.41 Å². The molecule has 0 bridgehead atoms. The van der Waals surface area contributed by atoms with Gasteiger partial charge in [0, 0.05) is 28.9 Å². The molecule has 0 saturated heterocycles. The normalized spacial score (nSPS) is 11.7. The second-order valence-electron chi connectivity index (χ2n) is 8.42. The topological polar surface area (TPSA) is 81.9 Å². The van der Waals surface area contributed by atoms with E-state index in [2.05, 4.69) is 27.2 Å². The van der Waals surface area contributed by atoms with Crippen LogP contribution in [0.2, 0.25) is 5.15 Å². The van der Waals surface area contributed by atoms with Gasteiger partial charge in [0.1, 0.15) is 16.5 Å². The quantitative estimate of drug-likeness (QED) is 0.594. The molecule has 7 nitrogen and oxygen atoms in total. The van der Waals surface area contributed by atoms with Gasteiger partial charge in [0.15, 0.2) is 0 Å². The van der Waals surface area contributed by atoms with Gasteiger partial charge in [0.2, 0.25) is 11.9 Å². The molecule has 0 radical (unpaired) electrons. The van der Waals surface area contributed by atoms with Gasteiger partial charge in [-0.2, -0.15) is 9.97 Å². The molecule has 0 unspecified atom stereocenters. The summed E-state index contributed by atoms with van der Waals surface area (Å²) in [6.07, 6.45) is 4.61. The van der Waals surface area contributed by atoms with Crippen molar-refractivity contribution in [3.05, 3.63) is 39.9 Å². The Morgan fingerprint density at radius 1 is 1.27 bits per heavy atom. The number of anilines is 1. The van der Waals surface area contributed by atoms with Crippen LogP contribution in [0.1, 0.15) is 50.1 Å². The molecule has 0 saturated carbocycles. The van der Waals surface area contributed by atoms with E-state index in [9.17, 15) is 4.79 Å². The second kappa shape index (κ2) is 8.22. The van der Waals surface area contributed by atoms with E-state index in [1.807, 2.05) is 51.6 Å². The van der Waals surface area contributed by atoms with Gasteiger partial charge in [0.05, 0.1) is 24.7 Å². The van der Waals surface area contributed by atoms with Crippen LogP contribution in [0.15, 0.2) is 12.4 Å². The smallest absolute Gasteiger partial charge is 0.232 e. The molecule has 0 fully saturated rings. The number of nitrogens with one attached hydrogen (secondary N) is 1. The molecule has 0 aliphatic heterocycles. The van der Waals surface area contributed by atoms with Crippen molar-refractivity contribution in [3.63, 3.8) is 0 Å². The number of carbonyl (C=O) groups is 1. The van der Waals surface area contributed by atoms with Crippen molar-refractivity contribution in [1.82, 2.24) is 19.5 Å². The fourth-order valence-corrected chi connectivity index (χ4v) is 3.63. The van der Waals surface area contributed by atoms with E-state index in [-0.39, 0.29) is 11.9 Å². The Kier molecular flexibility index (Phi) is 6.04. The number of ether oxygens (including phenoxy) is 1. The Morgan fingerprint density at radius 2 is 1.97 bits per heavy atom. The Hall–Kier alpha value is -2.67. The number of aromatic nitrogens is 4. The molecule has 3 aromatic rings. The van der Waals surface area contributed by atoms with Crippen LogP contribution >= 0.6 is 11.6 Å². The predicted octanol–water partition coefficient (Wildman–Crippen LogP) is 4.70. The molecule has 30 heavy (non-hydrogen) atoms. The summed E-state index contributed by atoms with van der Waals surface area (Å²) in [5, 5.41) is 3.90.